The van der Waals surface area contributed by atoms with E-state index >= 15 is 0 Å². The first-order chi connectivity index (χ1) is 16.2. The van der Waals surface area contributed by atoms with Crippen molar-refractivity contribution in [3.05, 3.63) is 114 Å². The molecule has 4 aromatic rings. The van der Waals surface area contributed by atoms with E-state index in [1.54, 1.807) is 6.20 Å². The van der Waals surface area contributed by atoms with Gasteiger partial charge in [0.05, 0.1) is 24.4 Å². The third-order valence-corrected chi connectivity index (χ3v) is 5.35. The molecule has 0 radical (unpaired) electrons. The van der Waals surface area contributed by atoms with Crippen molar-refractivity contribution in [2.24, 2.45) is 4.99 Å². The van der Waals surface area contributed by atoms with Crippen molar-refractivity contribution in [1.82, 2.24) is 10.2 Å². The first-order valence-corrected chi connectivity index (χ1v) is 10.9. The fourth-order valence-electron chi connectivity index (χ4n) is 3.54. The lowest BCUT2D eigenvalue weighted by Gasteiger charge is -2.11. The molecule has 3 aromatic carbocycles. The summed E-state index contributed by atoms with van der Waals surface area (Å²) in [6.45, 7) is 4.04. The highest BCUT2D eigenvalue weighted by Gasteiger charge is 2.16. The molecule has 0 aliphatic rings. The summed E-state index contributed by atoms with van der Waals surface area (Å²) in [5.74, 6) is -0.00462. The van der Waals surface area contributed by atoms with Gasteiger partial charge in [0.25, 0.3) is 0 Å². The van der Waals surface area contributed by atoms with E-state index in [0.29, 0.717) is 12.4 Å². The lowest BCUT2D eigenvalue weighted by molar-refractivity contribution is -0.144. The maximum Gasteiger partial charge on any atom is 0.313 e. The fraction of sp³-hybridized carbons (Fsp3) is 0.143. The van der Waals surface area contributed by atoms with E-state index in [2.05, 4.69) is 10.2 Å². The molecular formula is C28H25N3O2. The number of rotatable bonds is 7. The summed E-state index contributed by atoms with van der Waals surface area (Å²) in [5, 5.41) is 8.43. The van der Waals surface area contributed by atoms with Crippen LogP contribution in [0.5, 0.6) is 0 Å². The zero-order valence-corrected chi connectivity index (χ0v) is 18.7. The van der Waals surface area contributed by atoms with E-state index < -0.39 is 0 Å². The number of hydrogen-bond acceptors (Lipinski definition) is 5. The molecule has 0 bridgehead atoms. The van der Waals surface area contributed by atoms with Crippen molar-refractivity contribution >= 4 is 17.5 Å². The maximum atomic E-state index is 12.0. The van der Waals surface area contributed by atoms with Crippen LogP contribution in [-0.4, -0.2) is 28.5 Å². The fourth-order valence-corrected chi connectivity index (χ4v) is 3.54. The molecule has 0 aliphatic carbocycles. The van der Waals surface area contributed by atoms with Gasteiger partial charge < -0.3 is 4.74 Å². The molecule has 1 heterocycles. The van der Waals surface area contributed by atoms with Gasteiger partial charge >= 0.3 is 5.97 Å². The Bertz CT molecular complexity index is 1200. The largest absolute Gasteiger partial charge is 0.466 e. The number of benzene rings is 3. The van der Waals surface area contributed by atoms with E-state index in [4.69, 9.17) is 9.73 Å². The van der Waals surface area contributed by atoms with Crippen LogP contribution in [-0.2, 0) is 9.53 Å². The first kappa shape index (κ1) is 22.1. The number of hydrogen-bond donors (Lipinski definition) is 0. The topological polar surface area (TPSA) is 64.4 Å². The molecule has 164 valence electrons. The first-order valence-electron chi connectivity index (χ1n) is 10.9. The van der Waals surface area contributed by atoms with Crippen molar-refractivity contribution in [1.29, 1.82) is 0 Å². The Hall–Kier alpha value is -4.12. The van der Waals surface area contributed by atoms with Crippen LogP contribution in [0, 0.1) is 0 Å². The molecule has 1 atom stereocenters. The summed E-state index contributed by atoms with van der Waals surface area (Å²) >= 11 is 0. The Balaban J connectivity index is 1.66. The summed E-state index contributed by atoms with van der Waals surface area (Å²) in [6, 6.07) is 29.8. The van der Waals surface area contributed by atoms with Gasteiger partial charge in [-0.05, 0) is 31.0 Å². The molecule has 5 heteroatoms. The lowest BCUT2D eigenvalue weighted by atomic mass is 9.98. The van der Waals surface area contributed by atoms with Crippen molar-refractivity contribution < 1.29 is 9.53 Å². The third-order valence-electron chi connectivity index (χ3n) is 5.35. The van der Waals surface area contributed by atoms with Gasteiger partial charge in [0.1, 0.15) is 0 Å². The van der Waals surface area contributed by atoms with Crippen LogP contribution in [0.4, 0.5) is 5.82 Å². The number of aromatic nitrogens is 2. The SMILES string of the molecule is CCOC(=O)C(C)c1ccc(-c2cnnc(N=C(c3ccccc3)c3ccccc3)c2)cc1. The molecule has 1 aromatic heterocycles. The molecule has 33 heavy (non-hydrogen) atoms. The van der Waals surface area contributed by atoms with E-state index in [1.165, 1.54) is 0 Å². The van der Waals surface area contributed by atoms with Crippen molar-refractivity contribution in [2.75, 3.05) is 6.61 Å². The van der Waals surface area contributed by atoms with E-state index in [-0.39, 0.29) is 11.9 Å². The Morgan fingerprint density at radius 2 is 1.48 bits per heavy atom. The molecular weight excluding hydrogens is 410 g/mol. The van der Waals surface area contributed by atoms with Crippen LogP contribution < -0.4 is 0 Å². The van der Waals surface area contributed by atoms with Crippen LogP contribution in [0.1, 0.15) is 36.5 Å². The minimum Gasteiger partial charge on any atom is -0.466 e. The maximum absolute atomic E-state index is 12.0. The molecule has 0 amide bonds. The van der Waals surface area contributed by atoms with Crippen molar-refractivity contribution in [2.45, 2.75) is 19.8 Å². The highest BCUT2D eigenvalue weighted by molar-refractivity contribution is 6.13. The van der Waals surface area contributed by atoms with E-state index in [9.17, 15) is 4.79 Å². The Morgan fingerprint density at radius 1 is 0.879 bits per heavy atom. The minimum atomic E-state index is -0.311. The number of esters is 1. The van der Waals surface area contributed by atoms with Gasteiger partial charge in [-0.2, -0.15) is 5.10 Å². The quantitative estimate of drug-likeness (QED) is 0.265. The molecule has 0 saturated carbocycles. The second-order valence-corrected chi connectivity index (χ2v) is 7.59. The average Bonchev–Trinajstić information content (AvgIpc) is 2.88. The minimum absolute atomic E-state index is 0.221. The Labute approximate surface area is 193 Å². The number of carbonyl (C=O) groups excluding carboxylic acids is 1. The third kappa shape index (κ3) is 5.39. The highest BCUT2D eigenvalue weighted by atomic mass is 16.5. The normalized spacial score (nSPS) is 11.5. The average molecular weight is 436 g/mol. The Kier molecular flexibility index (Phi) is 7.00. The molecule has 0 fully saturated rings. The molecule has 0 N–H and O–H groups in total. The van der Waals surface area contributed by atoms with E-state index in [1.807, 2.05) is 105 Å². The highest BCUT2D eigenvalue weighted by Crippen LogP contribution is 2.26. The molecule has 1 unspecified atom stereocenters. The smallest absolute Gasteiger partial charge is 0.313 e. The number of carbonyl (C=O) groups is 1. The second-order valence-electron chi connectivity index (χ2n) is 7.59. The van der Waals surface area contributed by atoms with Crippen LogP contribution in [0.2, 0.25) is 0 Å². The second kappa shape index (κ2) is 10.5. The summed E-state index contributed by atoms with van der Waals surface area (Å²) < 4.78 is 5.13. The summed E-state index contributed by atoms with van der Waals surface area (Å²) in [5.41, 5.74) is 5.64. The summed E-state index contributed by atoms with van der Waals surface area (Å²) in [7, 11) is 0. The van der Waals surface area contributed by atoms with Crippen LogP contribution in [0.3, 0.4) is 0 Å². The van der Waals surface area contributed by atoms with Gasteiger partial charge in [-0.25, -0.2) is 4.99 Å². The van der Waals surface area contributed by atoms with E-state index in [0.717, 1.165) is 33.5 Å². The van der Waals surface area contributed by atoms with Gasteiger partial charge in [0, 0.05) is 16.7 Å². The summed E-state index contributed by atoms with van der Waals surface area (Å²) in [6.07, 6.45) is 1.72. The van der Waals surface area contributed by atoms with Gasteiger partial charge in [0.2, 0.25) is 0 Å². The summed E-state index contributed by atoms with van der Waals surface area (Å²) in [4.78, 5) is 16.9. The van der Waals surface area contributed by atoms with Crippen LogP contribution in [0.25, 0.3) is 11.1 Å². The van der Waals surface area contributed by atoms with Crippen molar-refractivity contribution in [3.63, 3.8) is 0 Å². The number of ether oxygens (including phenoxy) is 1. The number of aliphatic imine (C=N–C) groups is 1. The molecule has 5 nitrogen and oxygen atoms in total. The van der Waals surface area contributed by atoms with Gasteiger partial charge in [-0.15, -0.1) is 5.10 Å². The monoisotopic (exact) mass is 435 g/mol. The van der Waals surface area contributed by atoms with Gasteiger partial charge in [-0.3, -0.25) is 4.79 Å². The van der Waals surface area contributed by atoms with Gasteiger partial charge in [0.15, 0.2) is 5.82 Å². The zero-order chi connectivity index (χ0) is 23.0. The van der Waals surface area contributed by atoms with Crippen LogP contribution in [0.15, 0.2) is 102 Å². The zero-order valence-electron chi connectivity index (χ0n) is 18.7. The van der Waals surface area contributed by atoms with Gasteiger partial charge in [-0.1, -0.05) is 84.9 Å². The lowest BCUT2D eigenvalue weighted by Crippen LogP contribution is -2.12. The molecule has 0 aliphatic heterocycles. The predicted octanol–water partition coefficient (Wildman–Crippen LogP) is 5.98. The molecule has 4 rings (SSSR count). The predicted molar refractivity (Wildman–Crippen MR) is 131 cm³/mol. The van der Waals surface area contributed by atoms with Crippen molar-refractivity contribution in [3.8, 4) is 11.1 Å². The molecule has 0 saturated heterocycles. The standard InChI is InChI=1S/C28H25N3O2/c1-3-33-28(32)20(2)21-14-16-22(17-15-21)25-18-26(31-29-19-25)30-27(23-10-6-4-7-11-23)24-12-8-5-9-13-24/h4-20H,3H2,1-2H3. The van der Waals surface area contributed by atoms with Crippen LogP contribution >= 0.6 is 0 Å². The number of nitrogens with zero attached hydrogens (tertiary/aromatic N) is 3. The molecule has 0 spiro atoms. The Morgan fingerprint density at radius 3 is 2.06 bits per heavy atom.